The van der Waals surface area contributed by atoms with Gasteiger partial charge in [0.25, 0.3) is 0 Å². The van der Waals surface area contributed by atoms with Gasteiger partial charge in [-0.25, -0.2) is 4.39 Å². The molecule has 166 valence electrons. The highest BCUT2D eigenvalue weighted by Gasteiger charge is 2.32. The van der Waals surface area contributed by atoms with Crippen LogP contribution in [0.2, 0.25) is 10.0 Å². The molecule has 33 heavy (non-hydrogen) atoms. The summed E-state index contributed by atoms with van der Waals surface area (Å²) in [5.41, 5.74) is 3.70. The Hall–Kier alpha value is -2.80. The average molecular weight is 500 g/mol. The molecule has 1 aromatic heterocycles. The highest BCUT2D eigenvalue weighted by molar-refractivity contribution is 7.99. The molecule has 2 heterocycles. The fourth-order valence-corrected chi connectivity index (χ4v) is 5.18. The molecule has 0 atom stereocenters. The predicted octanol–water partition coefficient (Wildman–Crippen LogP) is 8.96. The number of aryl methyl sites for hydroxylation is 1. The van der Waals surface area contributed by atoms with E-state index in [2.05, 4.69) is 10.3 Å². The zero-order valence-corrected chi connectivity index (χ0v) is 19.9. The van der Waals surface area contributed by atoms with Gasteiger partial charge in [0, 0.05) is 20.5 Å². The van der Waals surface area contributed by atoms with E-state index < -0.39 is 16.8 Å². The maximum Gasteiger partial charge on any atom is 0.235 e. The number of pyridine rings is 1. The summed E-state index contributed by atoms with van der Waals surface area (Å²) < 4.78 is 31.0. The highest BCUT2D eigenvalue weighted by atomic mass is 35.5. The third-order valence-electron chi connectivity index (χ3n) is 5.58. The molecule has 1 aliphatic rings. The van der Waals surface area contributed by atoms with Gasteiger partial charge in [-0.05, 0) is 61.4 Å². The summed E-state index contributed by atoms with van der Waals surface area (Å²) >= 11 is 14.2. The minimum Gasteiger partial charge on any atom is -0.337 e. The first-order valence-electron chi connectivity index (χ1n) is 10.1. The van der Waals surface area contributed by atoms with Crippen molar-refractivity contribution < 1.29 is 8.78 Å². The van der Waals surface area contributed by atoms with Crippen molar-refractivity contribution >= 4 is 63.5 Å². The average Bonchev–Trinajstić information content (AvgIpc) is 2.80. The molecule has 0 unspecified atom stereocenters. The van der Waals surface area contributed by atoms with Crippen LogP contribution in [0.25, 0.3) is 0 Å². The Morgan fingerprint density at radius 1 is 0.909 bits per heavy atom. The molecule has 0 saturated heterocycles. The summed E-state index contributed by atoms with van der Waals surface area (Å²) in [7, 11) is 0. The highest BCUT2D eigenvalue weighted by Crippen LogP contribution is 2.54. The summed E-state index contributed by atoms with van der Waals surface area (Å²) in [5.74, 6) is -1.99. The predicted molar refractivity (Wildman–Crippen MR) is 132 cm³/mol. The van der Waals surface area contributed by atoms with Crippen LogP contribution in [0.15, 0.2) is 70.5 Å². The van der Waals surface area contributed by atoms with Gasteiger partial charge in [0.15, 0.2) is 11.6 Å². The second kappa shape index (κ2) is 8.52. The molecule has 0 fully saturated rings. The van der Waals surface area contributed by atoms with Gasteiger partial charge < -0.3 is 10.2 Å². The molecule has 5 rings (SSSR count). The molecule has 0 bridgehead atoms. The molecule has 4 aromatic rings. The third-order valence-corrected chi connectivity index (χ3v) is 7.28. The van der Waals surface area contributed by atoms with E-state index in [1.54, 1.807) is 23.1 Å². The topological polar surface area (TPSA) is 28.2 Å². The number of para-hydroxylation sites is 1. The molecule has 0 radical (unpaired) electrons. The number of aromatic nitrogens is 1. The molecule has 3 aromatic carbocycles. The molecule has 1 N–H and O–H groups in total. The van der Waals surface area contributed by atoms with Crippen molar-refractivity contribution in [3.8, 4) is 0 Å². The second-order valence-electron chi connectivity index (χ2n) is 7.62. The SMILES string of the molecule is Cc1cccc(Nc2nc(F)c(Cl)c(N3c4ccccc4Sc4ccc(Cl)cc43)c2F)c1C. The fourth-order valence-electron chi connectivity index (χ4n) is 3.76. The number of anilines is 5. The Labute approximate surface area is 204 Å². The van der Waals surface area contributed by atoms with Crippen molar-refractivity contribution in [3.63, 3.8) is 0 Å². The first-order chi connectivity index (χ1) is 15.8. The van der Waals surface area contributed by atoms with Gasteiger partial charge >= 0.3 is 0 Å². The first-order valence-corrected chi connectivity index (χ1v) is 11.7. The number of halogens is 4. The zero-order chi connectivity index (χ0) is 23.3. The lowest BCUT2D eigenvalue weighted by atomic mass is 10.1. The van der Waals surface area contributed by atoms with Crippen molar-refractivity contribution in [3.05, 3.63) is 93.6 Å². The van der Waals surface area contributed by atoms with Crippen LogP contribution in [0.4, 0.5) is 37.3 Å². The molecule has 1 aliphatic heterocycles. The Morgan fingerprint density at radius 3 is 2.48 bits per heavy atom. The molecule has 0 amide bonds. The van der Waals surface area contributed by atoms with Crippen LogP contribution >= 0.6 is 35.0 Å². The van der Waals surface area contributed by atoms with Crippen LogP contribution in [0, 0.1) is 25.6 Å². The lowest BCUT2D eigenvalue weighted by Gasteiger charge is -2.33. The number of fused-ring (bicyclic) bond motifs is 2. The Morgan fingerprint density at radius 2 is 1.67 bits per heavy atom. The van der Waals surface area contributed by atoms with Crippen molar-refractivity contribution in [2.45, 2.75) is 23.6 Å². The van der Waals surface area contributed by atoms with Crippen molar-refractivity contribution in [1.82, 2.24) is 4.98 Å². The number of nitrogens with one attached hydrogen (secondary N) is 1. The third kappa shape index (κ3) is 3.82. The Bertz CT molecular complexity index is 1410. The lowest BCUT2D eigenvalue weighted by Crippen LogP contribution is -2.18. The summed E-state index contributed by atoms with van der Waals surface area (Å²) in [4.78, 5) is 7.10. The van der Waals surface area contributed by atoms with Crippen LogP contribution in [0.3, 0.4) is 0 Å². The fraction of sp³-hybridized carbons (Fsp3) is 0.0800. The number of hydrogen-bond donors (Lipinski definition) is 1. The van der Waals surface area contributed by atoms with Gasteiger partial charge in [0.1, 0.15) is 10.7 Å². The van der Waals surface area contributed by atoms with Gasteiger partial charge in [0.05, 0.1) is 11.4 Å². The van der Waals surface area contributed by atoms with Gasteiger partial charge in [0.2, 0.25) is 5.95 Å². The molecular formula is C25H17Cl2F2N3S. The van der Waals surface area contributed by atoms with Crippen LogP contribution < -0.4 is 10.2 Å². The largest absolute Gasteiger partial charge is 0.337 e. The normalized spacial score (nSPS) is 12.4. The number of hydrogen-bond acceptors (Lipinski definition) is 4. The van der Waals surface area contributed by atoms with Crippen LogP contribution in [-0.2, 0) is 0 Å². The number of rotatable bonds is 3. The molecule has 0 aliphatic carbocycles. The van der Waals surface area contributed by atoms with Gasteiger partial charge in [-0.15, -0.1) is 0 Å². The molecule has 0 saturated carbocycles. The van der Waals surface area contributed by atoms with E-state index in [1.165, 1.54) is 11.8 Å². The van der Waals surface area contributed by atoms with Crippen molar-refractivity contribution in [2.24, 2.45) is 0 Å². The van der Waals surface area contributed by atoms with Gasteiger partial charge in [-0.2, -0.15) is 9.37 Å². The maximum absolute atomic E-state index is 16.0. The quantitative estimate of drug-likeness (QED) is 0.250. The standard InChI is InChI=1S/C25H17Cl2F2N3S/c1-13-6-5-7-16(14(13)2)30-25-22(28)23(21(27)24(29)31-25)32-17-8-3-4-9-19(17)33-20-11-10-15(26)12-18(20)32/h3-12H,1-2H3,(H,30,31). The van der Waals surface area contributed by atoms with E-state index in [1.807, 2.05) is 56.3 Å². The molecule has 8 heteroatoms. The number of benzene rings is 3. The maximum atomic E-state index is 16.0. The molecular weight excluding hydrogens is 483 g/mol. The monoisotopic (exact) mass is 499 g/mol. The molecule has 3 nitrogen and oxygen atoms in total. The van der Waals surface area contributed by atoms with Crippen LogP contribution in [-0.4, -0.2) is 4.98 Å². The van der Waals surface area contributed by atoms with Crippen molar-refractivity contribution in [2.75, 3.05) is 10.2 Å². The second-order valence-corrected chi connectivity index (χ2v) is 9.52. The summed E-state index contributed by atoms with van der Waals surface area (Å²) in [6, 6.07) is 18.4. The smallest absolute Gasteiger partial charge is 0.235 e. The van der Waals surface area contributed by atoms with E-state index in [0.717, 1.165) is 20.9 Å². The van der Waals surface area contributed by atoms with E-state index in [4.69, 9.17) is 23.2 Å². The van der Waals surface area contributed by atoms with Crippen LogP contribution in [0.1, 0.15) is 11.1 Å². The van der Waals surface area contributed by atoms with E-state index in [0.29, 0.717) is 22.1 Å². The summed E-state index contributed by atoms with van der Waals surface area (Å²) in [5, 5.41) is 3.01. The van der Waals surface area contributed by atoms with Crippen molar-refractivity contribution in [1.29, 1.82) is 0 Å². The summed E-state index contributed by atoms with van der Waals surface area (Å²) in [6.45, 7) is 3.85. The zero-order valence-electron chi connectivity index (χ0n) is 17.6. The molecule has 0 spiro atoms. The summed E-state index contributed by atoms with van der Waals surface area (Å²) in [6.07, 6.45) is 0. The number of nitrogens with zero attached hydrogens (tertiary/aromatic N) is 2. The minimum absolute atomic E-state index is 0.131. The van der Waals surface area contributed by atoms with Gasteiger partial charge in [-0.3, -0.25) is 0 Å². The lowest BCUT2D eigenvalue weighted by molar-refractivity contribution is 0.566. The first kappa shape index (κ1) is 22.0. The van der Waals surface area contributed by atoms with E-state index in [9.17, 15) is 4.39 Å². The van der Waals surface area contributed by atoms with Crippen LogP contribution in [0.5, 0.6) is 0 Å². The van der Waals surface area contributed by atoms with Gasteiger partial charge in [-0.1, -0.05) is 59.2 Å². The Kier molecular flexibility index (Phi) is 5.69. The Balaban J connectivity index is 1.74. The van der Waals surface area contributed by atoms with E-state index >= 15 is 4.39 Å². The van der Waals surface area contributed by atoms with E-state index in [-0.39, 0.29) is 11.5 Å². The minimum atomic E-state index is -0.972.